The standard InChI is InChI=1S/C15H12ClN3O2S/c1-19-6-2-3-10(19)8-13-14(21)18-15(22-13)17-11-7-9(16)4-5-12(11)20/h2-8,20H,1H3,(H,17,18,21)/b13-8+. The molecule has 0 saturated carbocycles. The van der Waals surface area contributed by atoms with Crippen molar-refractivity contribution >= 4 is 46.2 Å². The number of amides is 1. The van der Waals surface area contributed by atoms with Crippen LogP contribution < -0.4 is 5.32 Å². The number of carbonyl (C=O) groups is 1. The number of phenols is 1. The lowest BCUT2D eigenvalue weighted by atomic mass is 10.3. The van der Waals surface area contributed by atoms with Gasteiger partial charge in [0.25, 0.3) is 5.91 Å². The van der Waals surface area contributed by atoms with Crippen LogP contribution in [0.25, 0.3) is 6.08 Å². The largest absolute Gasteiger partial charge is 0.506 e. The first-order chi connectivity index (χ1) is 10.5. The SMILES string of the molecule is Cn1cccc1/C=C1/SC(=Nc2cc(Cl)ccc2O)NC1=O. The van der Waals surface area contributed by atoms with Crippen LogP contribution in [0.2, 0.25) is 5.02 Å². The van der Waals surface area contributed by atoms with Crippen LogP contribution in [0.3, 0.4) is 0 Å². The van der Waals surface area contributed by atoms with Crippen molar-refractivity contribution in [3.8, 4) is 5.75 Å². The Morgan fingerprint density at radius 3 is 2.95 bits per heavy atom. The number of aromatic hydroxyl groups is 1. The Kier molecular flexibility index (Phi) is 3.96. The molecule has 0 atom stereocenters. The molecule has 1 aromatic heterocycles. The van der Waals surface area contributed by atoms with Crippen molar-refractivity contribution in [1.82, 2.24) is 9.88 Å². The summed E-state index contributed by atoms with van der Waals surface area (Å²) in [5, 5.41) is 13.3. The summed E-state index contributed by atoms with van der Waals surface area (Å²) in [5.41, 5.74) is 1.24. The number of benzene rings is 1. The topological polar surface area (TPSA) is 66.6 Å². The second-order valence-electron chi connectivity index (χ2n) is 4.66. The molecule has 5 nitrogen and oxygen atoms in total. The van der Waals surface area contributed by atoms with E-state index >= 15 is 0 Å². The fraction of sp³-hybridized carbons (Fsp3) is 0.0667. The summed E-state index contributed by atoms with van der Waals surface area (Å²) in [7, 11) is 1.91. The lowest BCUT2D eigenvalue weighted by Gasteiger charge is -2.00. The highest BCUT2D eigenvalue weighted by atomic mass is 35.5. The van der Waals surface area contributed by atoms with Crippen molar-refractivity contribution in [3.05, 3.63) is 52.2 Å². The molecule has 2 heterocycles. The number of thioether (sulfide) groups is 1. The molecule has 1 aliphatic rings. The maximum atomic E-state index is 12.0. The van der Waals surface area contributed by atoms with Crippen LogP contribution in [0.1, 0.15) is 5.69 Å². The molecule has 0 bridgehead atoms. The zero-order valence-corrected chi connectivity index (χ0v) is 13.1. The van der Waals surface area contributed by atoms with E-state index in [1.165, 1.54) is 23.9 Å². The number of amidine groups is 1. The Hall–Kier alpha value is -2.18. The predicted molar refractivity (Wildman–Crippen MR) is 89.3 cm³/mol. The van der Waals surface area contributed by atoms with Crippen molar-refractivity contribution in [2.24, 2.45) is 12.0 Å². The molecule has 112 valence electrons. The maximum absolute atomic E-state index is 12.0. The van der Waals surface area contributed by atoms with E-state index in [1.54, 1.807) is 12.1 Å². The van der Waals surface area contributed by atoms with E-state index in [9.17, 15) is 9.90 Å². The molecule has 7 heteroatoms. The van der Waals surface area contributed by atoms with E-state index < -0.39 is 0 Å². The molecule has 1 amide bonds. The summed E-state index contributed by atoms with van der Waals surface area (Å²) < 4.78 is 1.92. The molecule has 1 saturated heterocycles. The lowest BCUT2D eigenvalue weighted by Crippen LogP contribution is -2.19. The summed E-state index contributed by atoms with van der Waals surface area (Å²) in [5.74, 6) is -0.210. The quantitative estimate of drug-likeness (QED) is 0.829. The van der Waals surface area contributed by atoms with Gasteiger partial charge in [-0.2, -0.15) is 0 Å². The maximum Gasteiger partial charge on any atom is 0.264 e. The van der Waals surface area contributed by atoms with Crippen molar-refractivity contribution in [1.29, 1.82) is 0 Å². The molecule has 1 fully saturated rings. The van der Waals surface area contributed by atoms with Gasteiger partial charge in [0, 0.05) is 24.0 Å². The number of aryl methyl sites for hydroxylation is 1. The summed E-state index contributed by atoms with van der Waals surface area (Å²) in [6.45, 7) is 0. The van der Waals surface area contributed by atoms with Crippen LogP contribution in [0, 0.1) is 0 Å². The monoisotopic (exact) mass is 333 g/mol. The predicted octanol–water partition coefficient (Wildman–Crippen LogP) is 3.28. The first kappa shape index (κ1) is 14.7. The molecular formula is C15H12ClN3O2S. The smallest absolute Gasteiger partial charge is 0.264 e. The van der Waals surface area contributed by atoms with Gasteiger partial charge >= 0.3 is 0 Å². The third kappa shape index (κ3) is 3.03. The number of phenolic OH excluding ortho intramolecular Hbond substituents is 1. The van der Waals surface area contributed by atoms with Crippen LogP contribution in [-0.2, 0) is 11.8 Å². The van der Waals surface area contributed by atoms with Gasteiger partial charge in [0.2, 0.25) is 0 Å². The molecule has 2 aromatic rings. The van der Waals surface area contributed by atoms with Crippen LogP contribution in [0.5, 0.6) is 5.75 Å². The number of hydrogen-bond donors (Lipinski definition) is 2. The van der Waals surface area contributed by atoms with Gasteiger partial charge < -0.3 is 15.0 Å². The number of aromatic nitrogens is 1. The minimum atomic E-state index is -0.216. The van der Waals surface area contributed by atoms with E-state index in [4.69, 9.17) is 11.6 Å². The van der Waals surface area contributed by atoms with Gasteiger partial charge in [-0.25, -0.2) is 4.99 Å². The number of carbonyl (C=O) groups excluding carboxylic acids is 1. The van der Waals surface area contributed by atoms with E-state index in [2.05, 4.69) is 10.3 Å². The highest BCUT2D eigenvalue weighted by Crippen LogP contribution is 2.33. The average molecular weight is 334 g/mol. The van der Waals surface area contributed by atoms with Crippen molar-refractivity contribution in [3.63, 3.8) is 0 Å². The molecule has 2 N–H and O–H groups in total. The second kappa shape index (κ2) is 5.90. The first-order valence-corrected chi connectivity index (χ1v) is 7.62. The van der Waals surface area contributed by atoms with Gasteiger partial charge in [-0.05, 0) is 48.2 Å². The summed E-state index contributed by atoms with van der Waals surface area (Å²) in [6, 6.07) is 8.39. The van der Waals surface area contributed by atoms with E-state index in [-0.39, 0.29) is 11.7 Å². The summed E-state index contributed by atoms with van der Waals surface area (Å²) >= 11 is 7.10. The Bertz CT molecular complexity index is 811. The third-order valence-corrected chi connectivity index (χ3v) is 4.22. The minimum Gasteiger partial charge on any atom is -0.506 e. The van der Waals surface area contributed by atoms with Gasteiger partial charge in [-0.15, -0.1) is 0 Å². The number of halogens is 1. The average Bonchev–Trinajstić information content (AvgIpc) is 3.02. The van der Waals surface area contributed by atoms with E-state index in [0.29, 0.717) is 20.8 Å². The number of rotatable bonds is 2. The van der Waals surface area contributed by atoms with E-state index in [1.807, 2.05) is 29.9 Å². The molecule has 0 radical (unpaired) electrons. The summed E-state index contributed by atoms with van der Waals surface area (Å²) in [6.07, 6.45) is 3.70. The molecular weight excluding hydrogens is 322 g/mol. The van der Waals surface area contributed by atoms with Crippen molar-refractivity contribution < 1.29 is 9.90 Å². The van der Waals surface area contributed by atoms with Crippen LogP contribution >= 0.6 is 23.4 Å². The molecule has 3 rings (SSSR count). The Balaban J connectivity index is 1.88. The van der Waals surface area contributed by atoms with Crippen LogP contribution in [-0.4, -0.2) is 20.7 Å². The zero-order chi connectivity index (χ0) is 15.7. The van der Waals surface area contributed by atoms with Crippen LogP contribution in [0.15, 0.2) is 46.4 Å². The van der Waals surface area contributed by atoms with Gasteiger partial charge in [0.1, 0.15) is 11.4 Å². The van der Waals surface area contributed by atoms with E-state index in [0.717, 1.165) is 5.69 Å². The highest BCUT2D eigenvalue weighted by molar-refractivity contribution is 8.18. The van der Waals surface area contributed by atoms with Gasteiger partial charge in [-0.3, -0.25) is 4.79 Å². The number of nitrogens with zero attached hydrogens (tertiary/aromatic N) is 2. The Labute approximate surface area is 136 Å². The third-order valence-electron chi connectivity index (χ3n) is 3.07. The van der Waals surface area contributed by atoms with Crippen molar-refractivity contribution in [2.45, 2.75) is 0 Å². The van der Waals surface area contributed by atoms with Crippen molar-refractivity contribution in [2.75, 3.05) is 0 Å². The molecule has 0 unspecified atom stereocenters. The van der Waals surface area contributed by atoms with Gasteiger partial charge in [-0.1, -0.05) is 11.6 Å². The minimum absolute atomic E-state index is 0.00612. The summed E-state index contributed by atoms with van der Waals surface area (Å²) in [4.78, 5) is 16.8. The Morgan fingerprint density at radius 1 is 1.41 bits per heavy atom. The number of nitrogens with one attached hydrogen (secondary N) is 1. The van der Waals surface area contributed by atoms with Gasteiger partial charge in [0.05, 0.1) is 4.91 Å². The van der Waals surface area contributed by atoms with Gasteiger partial charge in [0.15, 0.2) is 5.17 Å². The zero-order valence-electron chi connectivity index (χ0n) is 11.6. The molecule has 1 aromatic carbocycles. The molecule has 22 heavy (non-hydrogen) atoms. The number of aliphatic imine (C=N–C) groups is 1. The fourth-order valence-electron chi connectivity index (χ4n) is 1.93. The molecule has 0 spiro atoms. The molecule has 0 aliphatic carbocycles. The molecule has 1 aliphatic heterocycles. The Morgan fingerprint density at radius 2 is 2.23 bits per heavy atom. The first-order valence-electron chi connectivity index (χ1n) is 6.42. The lowest BCUT2D eigenvalue weighted by molar-refractivity contribution is -0.115. The normalized spacial score (nSPS) is 18.2. The number of hydrogen-bond acceptors (Lipinski definition) is 4. The van der Waals surface area contributed by atoms with Crippen LogP contribution in [0.4, 0.5) is 5.69 Å². The fourth-order valence-corrected chi connectivity index (χ4v) is 2.92. The second-order valence-corrected chi connectivity index (χ2v) is 6.13. The highest BCUT2D eigenvalue weighted by Gasteiger charge is 2.24.